The maximum absolute atomic E-state index is 13.4. The average molecular weight is 642 g/mol. The summed E-state index contributed by atoms with van der Waals surface area (Å²) in [6, 6.07) is 12.7. The molecule has 2 aliphatic heterocycles. The van der Waals surface area contributed by atoms with Gasteiger partial charge >= 0.3 is 0 Å². The molecule has 0 saturated heterocycles. The van der Waals surface area contributed by atoms with Crippen molar-refractivity contribution in [3.8, 4) is 0 Å². The Hall–Kier alpha value is -4.78. The molecule has 7 heteroatoms. The van der Waals surface area contributed by atoms with Gasteiger partial charge in [0, 0.05) is 89.4 Å². The number of aromatic amines is 2. The topological polar surface area (TPSA) is 81.5 Å². The Morgan fingerprint density at radius 2 is 1.69 bits per heavy atom. The van der Waals surface area contributed by atoms with Crippen LogP contribution >= 0.6 is 0 Å². The van der Waals surface area contributed by atoms with E-state index in [4.69, 9.17) is 9.97 Å². The highest BCUT2D eigenvalue weighted by molar-refractivity contribution is 5.86. The van der Waals surface area contributed by atoms with Gasteiger partial charge in [-0.2, -0.15) is 0 Å². The van der Waals surface area contributed by atoms with Crippen LogP contribution in [0.5, 0.6) is 0 Å². The predicted molar refractivity (Wildman–Crippen MR) is 198 cm³/mol. The molecule has 7 nitrogen and oxygen atoms in total. The zero-order valence-corrected chi connectivity index (χ0v) is 29.6. The Morgan fingerprint density at radius 3 is 2.42 bits per heavy atom. The van der Waals surface area contributed by atoms with Gasteiger partial charge in [-0.05, 0) is 92.6 Å². The third-order valence-electron chi connectivity index (χ3n) is 10.5. The Bertz CT molecular complexity index is 2070. The Kier molecular flexibility index (Phi) is 9.49. The second kappa shape index (κ2) is 13.8. The van der Waals surface area contributed by atoms with E-state index < -0.39 is 0 Å². The monoisotopic (exact) mass is 641 g/mol. The molecular formula is C41H49N6O+. The fourth-order valence-corrected chi connectivity index (χ4v) is 7.35. The molecule has 4 aromatic rings. The third kappa shape index (κ3) is 6.38. The first-order chi connectivity index (χ1) is 23.1. The summed E-state index contributed by atoms with van der Waals surface area (Å²) in [7, 11) is 1.92. The Morgan fingerprint density at radius 1 is 0.958 bits per heavy atom. The van der Waals surface area contributed by atoms with Gasteiger partial charge in [-0.3, -0.25) is 9.78 Å². The first kappa shape index (κ1) is 33.1. The zero-order valence-electron chi connectivity index (χ0n) is 29.6. The lowest BCUT2D eigenvalue weighted by Crippen LogP contribution is -2.35. The van der Waals surface area contributed by atoms with Gasteiger partial charge in [-0.25, -0.2) is 9.55 Å². The molecule has 1 amide bonds. The highest BCUT2D eigenvalue weighted by Gasteiger charge is 2.31. The second-order valence-electron chi connectivity index (χ2n) is 13.5. The van der Waals surface area contributed by atoms with Crippen molar-refractivity contribution in [1.29, 1.82) is 0 Å². The summed E-state index contributed by atoms with van der Waals surface area (Å²) < 4.78 is 2.16. The molecule has 0 saturated carbocycles. The van der Waals surface area contributed by atoms with Crippen molar-refractivity contribution in [3.05, 3.63) is 106 Å². The number of H-pyrrole nitrogens is 2. The molecule has 4 aromatic heterocycles. The first-order valence-electron chi connectivity index (χ1n) is 17.3. The number of nitrogens with one attached hydrogen (secondary N) is 2. The van der Waals surface area contributed by atoms with Crippen LogP contribution in [0.2, 0.25) is 0 Å². The molecule has 0 aliphatic carbocycles. The second-order valence-corrected chi connectivity index (χ2v) is 13.5. The standard InChI is InChI=1S/C41H49N6O/c1-9-30-27(5)36-24-39-31(10-2)26(4)35(43-39)23-37-28(6)32(15-16-40(48)46(8)17-14-20-47-18-12-11-13-19-47)41(45-37)29(7)34-21-25(3)33(42-34)22-38(30)44-36/h10-13,18-19,21-24,28,32,43-44H,2,9,14-17,20H2,1,3-8H3/q+1/t28-,32-/m0/s1. The van der Waals surface area contributed by atoms with Crippen molar-refractivity contribution in [3.63, 3.8) is 0 Å². The first-order valence-corrected chi connectivity index (χ1v) is 17.3. The van der Waals surface area contributed by atoms with Crippen LogP contribution in [0, 0.1) is 20.8 Å². The minimum Gasteiger partial charge on any atom is -0.355 e. The van der Waals surface area contributed by atoms with E-state index in [1.54, 1.807) is 0 Å². The van der Waals surface area contributed by atoms with E-state index in [1.807, 2.05) is 36.2 Å². The molecule has 0 radical (unpaired) electrons. The summed E-state index contributed by atoms with van der Waals surface area (Å²) >= 11 is 0. The van der Waals surface area contributed by atoms with Crippen molar-refractivity contribution < 1.29 is 9.36 Å². The quantitative estimate of drug-likeness (QED) is 0.180. The van der Waals surface area contributed by atoms with Gasteiger partial charge in [0.2, 0.25) is 5.91 Å². The van der Waals surface area contributed by atoms with Crippen LogP contribution < -0.4 is 4.57 Å². The highest BCUT2D eigenvalue weighted by Crippen LogP contribution is 2.42. The molecular weight excluding hydrogens is 592 g/mol. The van der Waals surface area contributed by atoms with Crippen LogP contribution in [0.25, 0.3) is 39.8 Å². The molecule has 6 heterocycles. The van der Waals surface area contributed by atoms with Crippen molar-refractivity contribution in [1.82, 2.24) is 24.8 Å². The molecule has 2 N–H and O–H groups in total. The average Bonchev–Trinajstić information content (AvgIpc) is 3.78. The van der Waals surface area contributed by atoms with E-state index in [1.165, 1.54) is 11.1 Å². The lowest BCUT2D eigenvalue weighted by Gasteiger charge is -2.20. The van der Waals surface area contributed by atoms with Crippen LogP contribution in [-0.2, 0) is 17.8 Å². The SMILES string of the molecule is C=Cc1c(C)c2cc3nc(c(C)c4nc(cc5[nH]c(cc1[nH]2)c(C)c5CC)C(C)=C4)[C@@H](CCC(=O)N(C)CCC[n+]1ccccc1)[C@@H]3C. The number of pyridine rings is 1. The minimum absolute atomic E-state index is 0.105. The van der Waals surface area contributed by atoms with Crippen LogP contribution in [0.1, 0.15) is 102 Å². The van der Waals surface area contributed by atoms with Crippen molar-refractivity contribution in [2.45, 2.75) is 85.6 Å². The van der Waals surface area contributed by atoms with E-state index in [0.29, 0.717) is 6.42 Å². The Balaban J connectivity index is 1.41. The van der Waals surface area contributed by atoms with Gasteiger partial charge in [0.1, 0.15) is 6.54 Å². The van der Waals surface area contributed by atoms with E-state index in [-0.39, 0.29) is 17.7 Å². The molecule has 6 rings (SSSR count). The number of aromatic nitrogens is 5. The number of carbonyl (C=O) groups excluding carboxylic acids is 1. The predicted octanol–water partition coefficient (Wildman–Crippen LogP) is 8.51. The summed E-state index contributed by atoms with van der Waals surface area (Å²) in [6.07, 6.45) is 11.3. The maximum Gasteiger partial charge on any atom is 0.222 e. The summed E-state index contributed by atoms with van der Waals surface area (Å²) in [5.74, 6) is 0.423. The van der Waals surface area contributed by atoms with E-state index in [9.17, 15) is 4.79 Å². The summed E-state index contributed by atoms with van der Waals surface area (Å²) in [4.78, 5) is 33.1. The molecule has 8 bridgehead atoms. The number of amides is 1. The molecule has 0 unspecified atom stereocenters. The van der Waals surface area contributed by atoms with Crippen LogP contribution in [-0.4, -0.2) is 44.3 Å². The van der Waals surface area contributed by atoms with Gasteiger partial charge in [0.15, 0.2) is 12.4 Å². The molecule has 248 valence electrons. The summed E-state index contributed by atoms with van der Waals surface area (Å²) in [5, 5.41) is 0. The van der Waals surface area contributed by atoms with Crippen molar-refractivity contribution in [2.75, 3.05) is 13.6 Å². The van der Waals surface area contributed by atoms with E-state index >= 15 is 0 Å². The lowest BCUT2D eigenvalue weighted by molar-refractivity contribution is -0.697. The summed E-state index contributed by atoms with van der Waals surface area (Å²) in [6.45, 7) is 18.8. The van der Waals surface area contributed by atoms with Gasteiger partial charge in [-0.15, -0.1) is 0 Å². The number of aryl methyl sites for hydroxylation is 4. The number of allylic oxidation sites excluding steroid dienone is 1. The fraction of sp³-hybridized carbons (Fsp3) is 0.366. The lowest BCUT2D eigenvalue weighted by atomic mass is 9.85. The minimum atomic E-state index is 0.105. The van der Waals surface area contributed by atoms with E-state index in [2.05, 4.69) is 99.3 Å². The highest BCUT2D eigenvalue weighted by atomic mass is 16.2. The van der Waals surface area contributed by atoms with Gasteiger partial charge in [-0.1, -0.05) is 32.6 Å². The molecule has 0 fully saturated rings. The summed E-state index contributed by atoms with van der Waals surface area (Å²) in [5.41, 5.74) is 15.2. The van der Waals surface area contributed by atoms with Crippen molar-refractivity contribution in [2.24, 2.45) is 0 Å². The van der Waals surface area contributed by atoms with Crippen molar-refractivity contribution >= 4 is 45.7 Å². The zero-order chi connectivity index (χ0) is 34.1. The molecule has 0 spiro atoms. The normalized spacial score (nSPS) is 15.8. The number of hydrogen-bond donors (Lipinski definition) is 2. The number of nitrogens with zero attached hydrogens (tertiary/aromatic N) is 4. The number of carbonyl (C=O) groups is 1. The van der Waals surface area contributed by atoms with Gasteiger partial charge in [0.25, 0.3) is 0 Å². The van der Waals surface area contributed by atoms with Crippen LogP contribution in [0.15, 0.2) is 55.4 Å². The number of fused-ring (bicyclic) bond motifs is 8. The molecule has 2 aliphatic rings. The number of rotatable bonds is 9. The Labute approximate surface area is 284 Å². The fourth-order valence-electron chi connectivity index (χ4n) is 7.35. The van der Waals surface area contributed by atoms with Crippen LogP contribution in [0.3, 0.4) is 0 Å². The van der Waals surface area contributed by atoms with E-state index in [0.717, 1.165) is 99.5 Å². The van der Waals surface area contributed by atoms with Gasteiger partial charge < -0.3 is 14.9 Å². The van der Waals surface area contributed by atoms with Crippen LogP contribution in [0.4, 0.5) is 0 Å². The maximum atomic E-state index is 13.4. The molecule has 48 heavy (non-hydrogen) atoms. The smallest absolute Gasteiger partial charge is 0.222 e. The third-order valence-corrected chi connectivity index (χ3v) is 10.5. The molecule has 0 aromatic carbocycles. The number of hydrogen-bond acceptors (Lipinski definition) is 3. The largest absolute Gasteiger partial charge is 0.355 e. The molecule has 2 atom stereocenters. The van der Waals surface area contributed by atoms with Gasteiger partial charge in [0.05, 0.1) is 11.4 Å².